The highest BCUT2D eigenvalue weighted by atomic mass is 19.4. The molecule has 1 unspecified atom stereocenters. The summed E-state index contributed by atoms with van der Waals surface area (Å²) in [7, 11) is 0. The molecular weight excluding hydrogens is 423 g/mol. The highest BCUT2D eigenvalue weighted by Crippen LogP contribution is 2.29. The predicted octanol–water partition coefficient (Wildman–Crippen LogP) is 4.16. The molecule has 1 fully saturated rings. The van der Waals surface area contributed by atoms with E-state index in [1.807, 2.05) is 6.07 Å². The van der Waals surface area contributed by atoms with Crippen molar-refractivity contribution in [2.75, 3.05) is 23.8 Å². The van der Waals surface area contributed by atoms with Crippen molar-refractivity contribution in [3.05, 3.63) is 54.0 Å². The molecule has 3 aromatic rings. The van der Waals surface area contributed by atoms with Crippen molar-refractivity contribution >= 4 is 17.3 Å². The zero-order chi connectivity index (χ0) is 22.6. The molecule has 2 N–H and O–H groups in total. The zero-order valence-electron chi connectivity index (χ0n) is 16.7. The van der Waals surface area contributed by atoms with Gasteiger partial charge < -0.3 is 15.4 Å². The second-order valence-electron chi connectivity index (χ2n) is 7.05. The van der Waals surface area contributed by atoms with E-state index in [0.717, 1.165) is 18.9 Å². The van der Waals surface area contributed by atoms with Crippen LogP contribution in [0.15, 0.2) is 42.6 Å². The van der Waals surface area contributed by atoms with Gasteiger partial charge in [0.1, 0.15) is 34.8 Å². The second kappa shape index (κ2) is 9.15. The van der Waals surface area contributed by atoms with Crippen LogP contribution in [-0.4, -0.2) is 39.2 Å². The number of nitriles is 1. The molecular formula is C21H18F3N7O. The molecule has 32 heavy (non-hydrogen) atoms. The molecule has 164 valence electrons. The smallest absolute Gasteiger partial charge is 0.376 e. The number of hydrogen-bond donors (Lipinski definition) is 2. The number of rotatable bonds is 6. The quantitative estimate of drug-likeness (QED) is 0.587. The molecule has 0 spiro atoms. The molecule has 0 amide bonds. The van der Waals surface area contributed by atoms with Crippen LogP contribution in [-0.2, 0) is 10.9 Å². The average Bonchev–Trinajstić information content (AvgIpc) is 3.31. The predicted molar refractivity (Wildman–Crippen MR) is 110 cm³/mol. The Bertz CT molecular complexity index is 1140. The molecule has 3 aromatic heterocycles. The maximum Gasteiger partial charge on any atom is 0.433 e. The first kappa shape index (κ1) is 21.5. The molecule has 11 heteroatoms. The van der Waals surface area contributed by atoms with E-state index in [-0.39, 0.29) is 23.3 Å². The third-order valence-corrected chi connectivity index (χ3v) is 4.68. The molecule has 4 heterocycles. The maximum atomic E-state index is 13.1. The molecule has 1 aliphatic heterocycles. The van der Waals surface area contributed by atoms with Gasteiger partial charge in [0.05, 0.1) is 6.10 Å². The number of alkyl halides is 3. The molecule has 0 aliphatic carbocycles. The number of anilines is 3. The number of nitrogens with one attached hydrogen (secondary N) is 2. The van der Waals surface area contributed by atoms with Gasteiger partial charge in [0.15, 0.2) is 5.82 Å². The molecule has 0 saturated carbocycles. The molecule has 0 aromatic carbocycles. The van der Waals surface area contributed by atoms with Crippen LogP contribution in [0.1, 0.15) is 24.2 Å². The SMILES string of the molecule is N#Cc1cc(Nc2cc(NCC3CCCO3)nc(-c3cccc(C(F)(F)F)n3)n2)ccn1. The fourth-order valence-corrected chi connectivity index (χ4v) is 3.17. The molecule has 1 saturated heterocycles. The van der Waals surface area contributed by atoms with Gasteiger partial charge in [0.2, 0.25) is 0 Å². The summed E-state index contributed by atoms with van der Waals surface area (Å²) < 4.78 is 45.0. The lowest BCUT2D eigenvalue weighted by atomic mass is 10.2. The van der Waals surface area contributed by atoms with Crippen molar-refractivity contribution in [2.24, 2.45) is 0 Å². The van der Waals surface area contributed by atoms with Gasteiger partial charge in [-0.15, -0.1) is 0 Å². The van der Waals surface area contributed by atoms with Crippen molar-refractivity contribution in [2.45, 2.75) is 25.1 Å². The van der Waals surface area contributed by atoms with Gasteiger partial charge in [-0.05, 0) is 37.1 Å². The van der Waals surface area contributed by atoms with Crippen molar-refractivity contribution in [3.63, 3.8) is 0 Å². The molecule has 8 nitrogen and oxygen atoms in total. The van der Waals surface area contributed by atoms with E-state index in [1.165, 1.54) is 24.4 Å². The topological polar surface area (TPSA) is 109 Å². The summed E-state index contributed by atoms with van der Waals surface area (Å²) in [5.74, 6) is 0.742. The highest BCUT2D eigenvalue weighted by molar-refractivity contribution is 5.64. The fourth-order valence-electron chi connectivity index (χ4n) is 3.17. The molecule has 4 rings (SSSR count). The molecule has 1 atom stereocenters. The maximum absolute atomic E-state index is 13.1. The third-order valence-electron chi connectivity index (χ3n) is 4.68. The number of aromatic nitrogens is 4. The zero-order valence-corrected chi connectivity index (χ0v) is 16.7. The van der Waals surface area contributed by atoms with Gasteiger partial charge in [-0.3, -0.25) is 0 Å². The Morgan fingerprint density at radius 2 is 1.97 bits per heavy atom. The summed E-state index contributed by atoms with van der Waals surface area (Å²) in [6, 6.07) is 10.3. The van der Waals surface area contributed by atoms with Crippen LogP contribution in [0.3, 0.4) is 0 Å². The van der Waals surface area contributed by atoms with Crippen LogP contribution in [0, 0.1) is 11.3 Å². The van der Waals surface area contributed by atoms with E-state index in [9.17, 15) is 13.2 Å². The summed E-state index contributed by atoms with van der Waals surface area (Å²) in [4.78, 5) is 16.3. The Morgan fingerprint density at radius 3 is 2.72 bits per heavy atom. The lowest BCUT2D eigenvalue weighted by Gasteiger charge is -2.14. The second-order valence-corrected chi connectivity index (χ2v) is 7.05. The summed E-state index contributed by atoms with van der Waals surface area (Å²) in [5, 5.41) is 15.2. The van der Waals surface area contributed by atoms with Crippen molar-refractivity contribution in [1.29, 1.82) is 5.26 Å². The Labute approximate surface area is 181 Å². The normalized spacial score (nSPS) is 15.9. The van der Waals surface area contributed by atoms with Gasteiger partial charge in [0, 0.05) is 31.1 Å². The minimum atomic E-state index is -4.59. The third kappa shape index (κ3) is 5.28. The fraction of sp³-hybridized carbons (Fsp3) is 0.286. The van der Waals surface area contributed by atoms with Gasteiger partial charge in [-0.2, -0.15) is 18.4 Å². The number of nitrogens with zero attached hydrogens (tertiary/aromatic N) is 5. The number of pyridine rings is 2. The van der Waals surface area contributed by atoms with Crippen LogP contribution in [0.25, 0.3) is 11.5 Å². The first-order chi connectivity index (χ1) is 15.4. The monoisotopic (exact) mass is 441 g/mol. The van der Waals surface area contributed by atoms with Crippen LogP contribution in [0.4, 0.5) is 30.5 Å². The summed E-state index contributed by atoms with van der Waals surface area (Å²) in [6.45, 7) is 1.20. The van der Waals surface area contributed by atoms with E-state index in [1.54, 1.807) is 12.1 Å². The van der Waals surface area contributed by atoms with E-state index >= 15 is 0 Å². The number of ether oxygens (including phenoxy) is 1. The molecule has 0 bridgehead atoms. The van der Waals surface area contributed by atoms with E-state index in [4.69, 9.17) is 10.00 Å². The largest absolute Gasteiger partial charge is 0.433 e. The van der Waals surface area contributed by atoms with Crippen LogP contribution < -0.4 is 10.6 Å². The Balaban J connectivity index is 1.67. The lowest BCUT2D eigenvalue weighted by molar-refractivity contribution is -0.141. The van der Waals surface area contributed by atoms with Gasteiger partial charge in [-0.1, -0.05) is 6.07 Å². The van der Waals surface area contributed by atoms with Crippen LogP contribution in [0.2, 0.25) is 0 Å². The Kier molecular flexibility index (Phi) is 6.13. The summed E-state index contributed by atoms with van der Waals surface area (Å²) in [5.41, 5.74) is -0.293. The first-order valence-corrected chi connectivity index (χ1v) is 9.83. The van der Waals surface area contributed by atoms with Crippen molar-refractivity contribution in [3.8, 4) is 17.6 Å². The molecule has 1 aliphatic rings. The highest BCUT2D eigenvalue weighted by Gasteiger charge is 2.32. The standard InChI is InChI=1S/C21H18F3N7O/c22-21(23,24)17-5-1-4-16(29-17)20-30-18(27-12-15-3-2-8-32-15)10-19(31-20)28-13-6-7-26-14(9-13)11-25/h1,4-7,9-10,15H,2-3,8,12H2,(H2,26,27,28,30,31). The average molecular weight is 441 g/mol. The first-order valence-electron chi connectivity index (χ1n) is 9.83. The van der Waals surface area contributed by atoms with E-state index < -0.39 is 11.9 Å². The van der Waals surface area contributed by atoms with Crippen molar-refractivity contribution < 1.29 is 17.9 Å². The van der Waals surface area contributed by atoms with Crippen molar-refractivity contribution in [1.82, 2.24) is 19.9 Å². The molecule has 0 radical (unpaired) electrons. The van der Waals surface area contributed by atoms with Gasteiger partial charge >= 0.3 is 6.18 Å². The number of halogens is 3. The van der Waals surface area contributed by atoms with E-state index in [2.05, 4.69) is 30.6 Å². The summed E-state index contributed by atoms with van der Waals surface area (Å²) >= 11 is 0. The van der Waals surface area contributed by atoms with E-state index in [0.29, 0.717) is 30.5 Å². The van der Waals surface area contributed by atoms with Gasteiger partial charge in [0.25, 0.3) is 0 Å². The Morgan fingerprint density at radius 1 is 1.12 bits per heavy atom. The van der Waals surface area contributed by atoms with Gasteiger partial charge in [-0.25, -0.2) is 19.9 Å². The van der Waals surface area contributed by atoms with Crippen LogP contribution >= 0.6 is 0 Å². The number of hydrogen-bond acceptors (Lipinski definition) is 8. The van der Waals surface area contributed by atoms with Crippen LogP contribution in [0.5, 0.6) is 0 Å². The lowest BCUT2D eigenvalue weighted by Crippen LogP contribution is -2.19. The summed E-state index contributed by atoms with van der Waals surface area (Å²) in [6.07, 6.45) is -1.19. The Hall–Kier alpha value is -3.78. The minimum absolute atomic E-state index is 0.0175. The minimum Gasteiger partial charge on any atom is -0.376 e.